The molecule has 0 radical (unpaired) electrons. The van der Waals surface area contributed by atoms with Crippen molar-refractivity contribution in [1.29, 1.82) is 0 Å². The third-order valence-electron chi connectivity index (χ3n) is 1.84. The molecule has 6 heteroatoms. The molecule has 0 unspecified atom stereocenters. The van der Waals surface area contributed by atoms with Gasteiger partial charge in [0.15, 0.2) is 0 Å². The van der Waals surface area contributed by atoms with Gasteiger partial charge in [0.2, 0.25) is 5.95 Å². The lowest BCUT2D eigenvalue weighted by Crippen LogP contribution is -2.35. The Bertz CT molecular complexity index is 274. The molecule has 14 heavy (non-hydrogen) atoms. The van der Waals surface area contributed by atoms with Gasteiger partial charge in [-0.3, -0.25) is 0 Å². The van der Waals surface area contributed by atoms with E-state index < -0.39 is 6.43 Å². The summed E-state index contributed by atoms with van der Waals surface area (Å²) in [6.45, 7) is 0.386. The van der Waals surface area contributed by atoms with Gasteiger partial charge in [-0.25, -0.2) is 13.8 Å². The molecule has 1 aromatic rings. The zero-order chi connectivity index (χ0) is 10.6. The molecule has 0 aromatic carbocycles. The first-order chi connectivity index (χ1) is 6.65. The van der Waals surface area contributed by atoms with Gasteiger partial charge in [0.1, 0.15) is 0 Å². The maximum atomic E-state index is 12.2. The van der Waals surface area contributed by atoms with E-state index in [4.69, 9.17) is 5.73 Å². The first kappa shape index (κ1) is 10.9. The first-order valence-corrected chi connectivity index (χ1v) is 4.35. The van der Waals surface area contributed by atoms with Crippen LogP contribution in [0, 0.1) is 0 Å². The minimum absolute atomic E-state index is 0.331. The van der Waals surface area contributed by atoms with Gasteiger partial charge in [0.05, 0.1) is 6.54 Å². The Kier molecular flexibility index (Phi) is 3.82. The van der Waals surface area contributed by atoms with E-state index in [0.29, 0.717) is 19.0 Å². The second-order valence-electron chi connectivity index (χ2n) is 2.96. The van der Waals surface area contributed by atoms with E-state index in [1.165, 1.54) is 4.90 Å². The average molecular weight is 204 g/mol. The Labute approximate surface area is 81.3 Å². The molecule has 0 saturated heterocycles. The van der Waals surface area contributed by atoms with Gasteiger partial charge in [-0.05, 0) is 0 Å². The highest BCUT2D eigenvalue weighted by Gasteiger charge is 2.15. The van der Waals surface area contributed by atoms with Crippen LogP contribution in [0.3, 0.4) is 0 Å². The summed E-state index contributed by atoms with van der Waals surface area (Å²) in [6, 6.07) is 0. The maximum absolute atomic E-state index is 12.2. The van der Waals surface area contributed by atoms with Gasteiger partial charge >= 0.3 is 0 Å². The van der Waals surface area contributed by atoms with Crippen LogP contribution in [-0.2, 0) is 7.05 Å². The van der Waals surface area contributed by atoms with E-state index >= 15 is 0 Å². The Morgan fingerprint density at radius 3 is 2.79 bits per heavy atom. The molecule has 0 bridgehead atoms. The first-order valence-electron chi connectivity index (χ1n) is 4.35. The van der Waals surface area contributed by atoms with Crippen LogP contribution in [0.5, 0.6) is 0 Å². The molecule has 0 atom stereocenters. The van der Waals surface area contributed by atoms with Crippen LogP contribution in [-0.4, -0.2) is 35.6 Å². The summed E-state index contributed by atoms with van der Waals surface area (Å²) in [5.41, 5.74) is 5.34. The number of halogens is 2. The molecule has 1 aromatic heterocycles. The van der Waals surface area contributed by atoms with Gasteiger partial charge in [0, 0.05) is 32.5 Å². The number of nitrogens with two attached hydrogens (primary N) is 1. The van der Waals surface area contributed by atoms with Crippen molar-refractivity contribution in [3.05, 3.63) is 12.4 Å². The van der Waals surface area contributed by atoms with Crippen molar-refractivity contribution in [2.24, 2.45) is 12.8 Å². The number of hydrogen-bond acceptors (Lipinski definition) is 3. The summed E-state index contributed by atoms with van der Waals surface area (Å²) in [4.78, 5) is 5.46. The topological polar surface area (TPSA) is 47.1 Å². The molecule has 1 rings (SSSR count). The van der Waals surface area contributed by atoms with Crippen molar-refractivity contribution in [3.63, 3.8) is 0 Å². The lowest BCUT2D eigenvalue weighted by atomic mass is 10.5. The number of nitrogens with zero attached hydrogens (tertiary/aromatic N) is 3. The van der Waals surface area contributed by atoms with Gasteiger partial charge < -0.3 is 15.2 Å². The van der Waals surface area contributed by atoms with E-state index in [2.05, 4.69) is 4.98 Å². The van der Waals surface area contributed by atoms with Crippen molar-refractivity contribution in [3.8, 4) is 0 Å². The van der Waals surface area contributed by atoms with Crippen LogP contribution in [0.1, 0.15) is 0 Å². The highest BCUT2D eigenvalue weighted by atomic mass is 19.3. The molecule has 0 aliphatic rings. The molecule has 0 saturated carbocycles. The van der Waals surface area contributed by atoms with E-state index in [1.807, 2.05) is 0 Å². The number of anilines is 1. The SMILES string of the molecule is Cn1ccnc1N(CCN)CC(F)F. The summed E-state index contributed by atoms with van der Waals surface area (Å²) in [6.07, 6.45) is 0.910. The summed E-state index contributed by atoms with van der Waals surface area (Å²) >= 11 is 0. The van der Waals surface area contributed by atoms with Crippen molar-refractivity contribution in [2.75, 3.05) is 24.5 Å². The van der Waals surface area contributed by atoms with Crippen molar-refractivity contribution < 1.29 is 8.78 Å². The Morgan fingerprint density at radius 2 is 2.36 bits per heavy atom. The highest BCUT2D eigenvalue weighted by Crippen LogP contribution is 2.10. The Morgan fingerprint density at radius 1 is 1.64 bits per heavy atom. The third kappa shape index (κ3) is 2.66. The smallest absolute Gasteiger partial charge is 0.255 e. The fraction of sp³-hybridized carbons (Fsp3) is 0.625. The van der Waals surface area contributed by atoms with E-state index in [-0.39, 0.29) is 6.54 Å². The van der Waals surface area contributed by atoms with E-state index in [9.17, 15) is 8.78 Å². The number of aryl methyl sites for hydroxylation is 1. The molecule has 2 N–H and O–H groups in total. The van der Waals surface area contributed by atoms with Crippen LogP contribution in [0.4, 0.5) is 14.7 Å². The minimum Gasteiger partial charge on any atom is -0.335 e. The molecule has 1 heterocycles. The predicted octanol–water partition coefficient (Wildman–Crippen LogP) is 0.450. The molecular formula is C8H14F2N4. The molecular weight excluding hydrogens is 190 g/mol. The molecule has 0 fully saturated rings. The summed E-state index contributed by atoms with van der Waals surface area (Å²) < 4.78 is 26.1. The van der Waals surface area contributed by atoms with E-state index in [0.717, 1.165) is 0 Å². The molecule has 0 amide bonds. The predicted molar refractivity (Wildman–Crippen MR) is 50.5 cm³/mol. The zero-order valence-electron chi connectivity index (χ0n) is 8.03. The summed E-state index contributed by atoms with van der Waals surface area (Å²) in [7, 11) is 1.76. The molecule has 0 aliphatic heterocycles. The number of aromatic nitrogens is 2. The number of rotatable bonds is 5. The number of hydrogen-bond donors (Lipinski definition) is 1. The minimum atomic E-state index is -2.38. The van der Waals surface area contributed by atoms with Gasteiger partial charge in [-0.15, -0.1) is 0 Å². The monoisotopic (exact) mass is 204 g/mol. The lowest BCUT2D eigenvalue weighted by molar-refractivity contribution is 0.154. The second kappa shape index (κ2) is 4.90. The summed E-state index contributed by atoms with van der Waals surface area (Å²) in [5, 5.41) is 0. The molecule has 4 nitrogen and oxygen atoms in total. The van der Waals surface area contributed by atoms with Crippen LogP contribution in [0.15, 0.2) is 12.4 Å². The van der Waals surface area contributed by atoms with Crippen LogP contribution in [0.2, 0.25) is 0 Å². The second-order valence-corrected chi connectivity index (χ2v) is 2.96. The fourth-order valence-electron chi connectivity index (χ4n) is 1.26. The molecule has 0 spiro atoms. The third-order valence-corrected chi connectivity index (χ3v) is 1.84. The normalized spacial score (nSPS) is 10.9. The lowest BCUT2D eigenvalue weighted by Gasteiger charge is -2.22. The van der Waals surface area contributed by atoms with Crippen LogP contribution < -0.4 is 10.6 Å². The largest absolute Gasteiger partial charge is 0.335 e. The van der Waals surface area contributed by atoms with Crippen LogP contribution >= 0.6 is 0 Å². The molecule has 80 valence electrons. The zero-order valence-corrected chi connectivity index (χ0v) is 8.03. The average Bonchev–Trinajstić information content (AvgIpc) is 2.50. The van der Waals surface area contributed by atoms with Crippen molar-refractivity contribution >= 4 is 5.95 Å². The number of imidazole rings is 1. The Balaban J connectivity index is 2.72. The number of alkyl halides is 2. The quantitative estimate of drug-likeness (QED) is 0.757. The van der Waals surface area contributed by atoms with Crippen molar-refractivity contribution in [2.45, 2.75) is 6.43 Å². The van der Waals surface area contributed by atoms with Gasteiger partial charge in [0.25, 0.3) is 6.43 Å². The van der Waals surface area contributed by atoms with E-state index in [1.54, 1.807) is 24.0 Å². The standard InChI is InChI=1S/C8H14F2N4/c1-13-5-3-12-8(13)14(4-2-11)6-7(9)10/h3,5,7H,2,4,6,11H2,1H3. The molecule has 0 aliphatic carbocycles. The Hall–Kier alpha value is -1.17. The maximum Gasteiger partial charge on any atom is 0.255 e. The van der Waals surface area contributed by atoms with Crippen LogP contribution in [0.25, 0.3) is 0 Å². The summed E-state index contributed by atoms with van der Waals surface area (Å²) in [5.74, 6) is 0.524. The van der Waals surface area contributed by atoms with Gasteiger partial charge in [-0.1, -0.05) is 0 Å². The van der Waals surface area contributed by atoms with Gasteiger partial charge in [-0.2, -0.15) is 0 Å². The van der Waals surface area contributed by atoms with Crippen molar-refractivity contribution in [1.82, 2.24) is 9.55 Å². The fourth-order valence-corrected chi connectivity index (χ4v) is 1.26. The highest BCUT2D eigenvalue weighted by molar-refractivity contribution is 5.30.